The third kappa shape index (κ3) is 2.78. The summed E-state index contributed by atoms with van der Waals surface area (Å²) in [6.45, 7) is 2.54. The highest BCUT2D eigenvalue weighted by molar-refractivity contribution is 6.32. The van der Waals surface area contributed by atoms with Crippen molar-refractivity contribution >= 4 is 11.6 Å². The molecule has 1 atom stereocenters. The van der Waals surface area contributed by atoms with Gasteiger partial charge >= 0.3 is 0 Å². The van der Waals surface area contributed by atoms with Gasteiger partial charge in [0.15, 0.2) is 0 Å². The minimum Gasteiger partial charge on any atom is -0.506 e. The first kappa shape index (κ1) is 12.0. The number of benzene rings is 1. The Hall–Kier alpha value is -1.52. The van der Waals surface area contributed by atoms with Crippen molar-refractivity contribution in [3.63, 3.8) is 0 Å². The lowest BCUT2D eigenvalue weighted by Gasteiger charge is -2.12. The first-order valence-electron chi connectivity index (χ1n) is 5.37. The maximum atomic E-state index is 9.75. The number of halogens is 1. The van der Waals surface area contributed by atoms with E-state index in [2.05, 4.69) is 15.3 Å². The third-order valence-electron chi connectivity index (χ3n) is 2.60. The Labute approximate surface area is 105 Å². The van der Waals surface area contributed by atoms with Gasteiger partial charge in [-0.05, 0) is 13.0 Å². The van der Waals surface area contributed by atoms with Crippen LogP contribution in [0.15, 0.2) is 30.6 Å². The van der Waals surface area contributed by atoms with E-state index in [9.17, 15) is 5.11 Å². The molecule has 1 unspecified atom stereocenters. The number of rotatable bonds is 4. The molecule has 2 rings (SSSR count). The van der Waals surface area contributed by atoms with Gasteiger partial charge in [-0.2, -0.15) is 0 Å². The van der Waals surface area contributed by atoms with Crippen LogP contribution in [0.4, 0.5) is 0 Å². The number of phenolic OH excluding ortho intramolecular Hbond substituents is 1. The molecule has 17 heavy (non-hydrogen) atoms. The zero-order valence-corrected chi connectivity index (χ0v) is 10.2. The fourth-order valence-electron chi connectivity index (χ4n) is 1.58. The Morgan fingerprint density at radius 3 is 3.06 bits per heavy atom. The number of para-hydroxylation sites is 1. The SMILES string of the molecule is CC(NCc1cccc(Cl)c1O)c1ncc[nH]1. The highest BCUT2D eigenvalue weighted by atomic mass is 35.5. The van der Waals surface area contributed by atoms with Crippen molar-refractivity contribution in [1.29, 1.82) is 0 Å². The predicted molar refractivity (Wildman–Crippen MR) is 67.0 cm³/mol. The fraction of sp³-hybridized carbons (Fsp3) is 0.250. The van der Waals surface area contributed by atoms with Gasteiger partial charge in [0.2, 0.25) is 0 Å². The summed E-state index contributed by atoms with van der Waals surface area (Å²) in [6.07, 6.45) is 3.49. The van der Waals surface area contributed by atoms with Crippen molar-refractivity contribution in [2.24, 2.45) is 0 Å². The summed E-state index contributed by atoms with van der Waals surface area (Å²) in [4.78, 5) is 7.20. The maximum Gasteiger partial charge on any atom is 0.138 e. The molecule has 1 aromatic carbocycles. The number of nitrogens with zero attached hydrogens (tertiary/aromatic N) is 1. The van der Waals surface area contributed by atoms with Gasteiger partial charge in [-0.3, -0.25) is 0 Å². The van der Waals surface area contributed by atoms with E-state index in [1.54, 1.807) is 18.5 Å². The molecular weight excluding hydrogens is 238 g/mol. The molecule has 4 nitrogen and oxygen atoms in total. The normalized spacial score (nSPS) is 12.6. The molecule has 0 saturated heterocycles. The van der Waals surface area contributed by atoms with Crippen LogP contribution in [0.2, 0.25) is 5.02 Å². The Balaban J connectivity index is 2.00. The maximum absolute atomic E-state index is 9.75. The zero-order valence-electron chi connectivity index (χ0n) is 9.44. The van der Waals surface area contributed by atoms with E-state index in [4.69, 9.17) is 11.6 Å². The molecule has 1 aromatic heterocycles. The summed E-state index contributed by atoms with van der Waals surface area (Å²) in [6, 6.07) is 5.40. The first-order valence-corrected chi connectivity index (χ1v) is 5.75. The van der Waals surface area contributed by atoms with Gasteiger partial charge in [0.25, 0.3) is 0 Å². The molecule has 0 aliphatic carbocycles. The quantitative estimate of drug-likeness (QED) is 0.783. The van der Waals surface area contributed by atoms with Gasteiger partial charge in [-0.25, -0.2) is 4.98 Å². The van der Waals surface area contributed by atoms with E-state index in [-0.39, 0.29) is 11.8 Å². The van der Waals surface area contributed by atoms with Crippen LogP contribution in [0, 0.1) is 0 Å². The summed E-state index contributed by atoms with van der Waals surface area (Å²) in [5.41, 5.74) is 0.774. The monoisotopic (exact) mass is 251 g/mol. The van der Waals surface area contributed by atoms with Crippen molar-refractivity contribution in [3.05, 3.63) is 47.0 Å². The fourth-order valence-corrected chi connectivity index (χ4v) is 1.77. The number of aromatic hydroxyl groups is 1. The lowest BCUT2D eigenvalue weighted by Crippen LogP contribution is -2.19. The molecule has 0 aliphatic heterocycles. The van der Waals surface area contributed by atoms with Gasteiger partial charge in [0, 0.05) is 24.5 Å². The van der Waals surface area contributed by atoms with E-state index >= 15 is 0 Å². The average Bonchev–Trinajstić information content (AvgIpc) is 2.84. The molecular formula is C12H14ClN3O. The van der Waals surface area contributed by atoms with Crippen LogP contribution in [0.3, 0.4) is 0 Å². The Bertz CT molecular complexity index is 485. The number of imidazole rings is 1. The largest absolute Gasteiger partial charge is 0.506 e. The highest BCUT2D eigenvalue weighted by Gasteiger charge is 2.09. The van der Waals surface area contributed by atoms with Crippen molar-refractivity contribution in [2.75, 3.05) is 0 Å². The lowest BCUT2D eigenvalue weighted by atomic mass is 10.2. The number of hydrogen-bond acceptors (Lipinski definition) is 3. The summed E-state index contributed by atoms with van der Waals surface area (Å²) in [5.74, 6) is 1.000. The van der Waals surface area contributed by atoms with Crippen LogP contribution >= 0.6 is 11.6 Å². The minimum atomic E-state index is 0.0865. The second-order valence-corrected chi connectivity index (χ2v) is 4.23. The molecule has 0 amide bonds. The number of H-pyrrole nitrogens is 1. The smallest absolute Gasteiger partial charge is 0.138 e. The molecule has 90 valence electrons. The summed E-state index contributed by atoms with van der Waals surface area (Å²) in [5, 5.41) is 13.4. The Morgan fingerprint density at radius 2 is 2.35 bits per heavy atom. The van der Waals surface area contributed by atoms with Crippen molar-refractivity contribution in [3.8, 4) is 5.75 Å². The highest BCUT2D eigenvalue weighted by Crippen LogP contribution is 2.27. The van der Waals surface area contributed by atoms with Crippen molar-refractivity contribution < 1.29 is 5.11 Å². The number of hydrogen-bond donors (Lipinski definition) is 3. The van der Waals surface area contributed by atoms with E-state index in [0.717, 1.165) is 11.4 Å². The van der Waals surface area contributed by atoms with Gasteiger partial charge in [0.1, 0.15) is 11.6 Å². The molecule has 1 heterocycles. The van der Waals surface area contributed by atoms with E-state index in [1.807, 2.05) is 19.1 Å². The minimum absolute atomic E-state index is 0.0865. The van der Waals surface area contributed by atoms with Crippen molar-refractivity contribution in [2.45, 2.75) is 19.5 Å². The van der Waals surface area contributed by atoms with Gasteiger partial charge in [0.05, 0.1) is 11.1 Å². The number of aromatic nitrogens is 2. The number of phenols is 1. The summed E-state index contributed by atoms with van der Waals surface area (Å²) < 4.78 is 0. The van der Waals surface area contributed by atoms with Crippen LogP contribution < -0.4 is 5.32 Å². The molecule has 0 radical (unpaired) electrons. The Morgan fingerprint density at radius 1 is 1.53 bits per heavy atom. The van der Waals surface area contributed by atoms with Crippen LogP contribution in [-0.2, 0) is 6.54 Å². The predicted octanol–water partition coefficient (Wildman–Crippen LogP) is 2.62. The van der Waals surface area contributed by atoms with Crippen LogP contribution in [0.1, 0.15) is 24.4 Å². The van der Waals surface area contributed by atoms with E-state index in [0.29, 0.717) is 11.6 Å². The molecule has 0 saturated carbocycles. The molecule has 3 N–H and O–H groups in total. The molecule has 0 bridgehead atoms. The van der Waals surface area contributed by atoms with E-state index in [1.165, 1.54) is 0 Å². The lowest BCUT2D eigenvalue weighted by molar-refractivity contribution is 0.459. The number of nitrogens with one attached hydrogen (secondary N) is 2. The standard InChI is InChI=1S/C12H14ClN3O/c1-8(12-14-5-6-15-12)16-7-9-3-2-4-10(13)11(9)17/h2-6,8,16-17H,7H2,1H3,(H,14,15). The molecule has 0 spiro atoms. The van der Waals surface area contributed by atoms with Crippen molar-refractivity contribution in [1.82, 2.24) is 15.3 Å². The molecule has 0 aliphatic rings. The summed E-state index contributed by atoms with van der Waals surface area (Å²) in [7, 11) is 0. The van der Waals surface area contributed by atoms with E-state index < -0.39 is 0 Å². The van der Waals surface area contributed by atoms with Gasteiger partial charge in [-0.15, -0.1) is 0 Å². The topological polar surface area (TPSA) is 60.9 Å². The van der Waals surface area contributed by atoms with Crippen LogP contribution in [0.5, 0.6) is 5.75 Å². The number of aromatic amines is 1. The second kappa shape index (κ2) is 5.21. The van der Waals surface area contributed by atoms with Gasteiger partial charge in [-0.1, -0.05) is 23.7 Å². The first-order chi connectivity index (χ1) is 8.18. The Kier molecular flexibility index (Phi) is 3.66. The molecule has 0 fully saturated rings. The van der Waals surface area contributed by atoms with Gasteiger partial charge < -0.3 is 15.4 Å². The third-order valence-corrected chi connectivity index (χ3v) is 2.90. The average molecular weight is 252 g/mol. The van der Waals surface area contributed by atoms with Crippen LogP contribution in [0.25, 0.3) is 0 Å². The molecule has 2 aromatic rings. The summed E-state index contributed by atoms with van der Waals surface area (Å²) >= 11 is 5.83. The molecule has 5 heteroatoms. The zero-order chi connectivity index (χ0) is 12.3. The van der Waals surface area contributed by atoms with Crippen LogP contribution in [-0.4, -0.2) is 15.1 Å². The second-order valence-electron chi connectivity index (χ2n) is 3.82.